The van der Waals surface area contributed by atoms with Crippen molar-refractivity contribution >= 4 is 16.7 Å². The standard InChI is InChI=1S/C14H14O4/c1-9(15)18-12-6-4-5-11-10(12)7-8-13(16-2)14(11)17-3/h4-8H,1-3H3. The summed E-state index contributed by atoms with van der Waals surface area (Å²) in [5.41, 5.74) is 0. The third-order valence-corrected chi connectivity index (χ3v) is 2.61. The predicted octanol–water partition coefficient (Wildman–Crippen LogP) is 2.78. The summed E-state index contributed by atoms with van der Waals surface area (Å²) < 4.78 is 15.7. The summed E-state index contributed by atoms with van der Waals surface area (Å²) in [4.78, 5) is 11.1. The Labute approximate surface area is 105 Å². The van der Waals surface area contributed by atoms with Crippen molar-refractivity contribution in [3.63, 3.8) is 0 Å². The Morgan fingerprint density at radius 2 is 1.72 bits per heavy atom. The van der Waals surface area contributed by atoms with Crippen LogP contribution in [0.2, 0.25) is 0 Å². The maximum atomic E-state index is 11.1. The minimum absolute atomic E-state index is 0.350. The van der Waals surface area contributed by atoms with E-state index in [9.17, 15) is 4.79 Å². The number of carbonyl (C=O) groups excluding carboxylic acids is 1. The van der Waals surface area contributed by atoms with Crippen molar-refractivity contribution in [3.05, 3.63) is 30.3 Å². The lowest BCUT2D eigenvalue weighted by Gasteiger charge is -2.12. The second kappa shape index (κ2) is 4.96. The first-order chi connectivity index (χ1) is 8.67. The molecule has 4 heteroatoms. The summed E-state index contributed by atoms with van der Waals surface area (Å²) in [5.74, 6) is 1.44. The molecule has 4 nitrogen and oxygen atoms in total. The second-order valence-corrected chi connectivity index (χ2v) is 3.75. The van der Waals surface area contributed by atoms with Crippen molar-refractivity contribution in [2.45, 2.75) is 6.92 Å². The minimum Gasteiger partial charge on any atom is -0.493 e. The van der Waals surface area contributed by atoms with E-state index in [-0.39, 0.29) is 5.97 Å². The van der Waals surface area contributed by atoms with Crippen LogP contribution in [0.25, 0.3) is 10.8 Å². The van der Waals surface area contributed by atoms with E-state index in [1.54, 1.807) is 26.4 Å². The van der Waals surface area contributed by atoms with Gasteiger partial charge in [0.2, 0.25) is 0 Å². The summed E-state index contributed by atoms with van der Waals surface area (Å²) in [6, 6.07) is 9.07. The lowest BCUT2D eigenvalue weighted by Crippen LogP contribution is -2.02. The molecule has 0 unspecified atom stereocenters. The SMILES string of the molecule is COc1ccc2c(OC(C)=O)cccc2c1OC. The average Bonchev–Trinajstić information content (AvgIpc) is 2.37. The second-order valence-electron chi connectivity index (χ2n) is 3.75. The molecule has 0 aliphatic heterocycles. The number of methoxy groups -OCH3 is 2. The number of esters is 1. The van der Waals surface area contributed by atoms with Crippen LogP contribution in [-0.2, 0) is 4.79 Å². The van der Waals surface area contributed by atoms with E-state index in [1.165, 1.54) is 6.92 Å². The monoisotopic (exact) mass is 246 g/mol. The van der Waals surface area contributed by atoms with Crippen LogP contribution in [0.15, 0.2) is 30.3 Å². The average molecular weight is 246 g/mol. The van der Waals surface area contributed by atoms with Crippen LogP contribution in [0.1, 0.15) is 6.92 Å². The fourth-order valence-corrected chi connectivity index (χ4v) is 1.90. The van der Waals surface area contributed by atoms with Crippen molar-refractivity contribution in [2.24, 2.45) is 0 Å². The van der Waals surface area contributed by atoms with Crippen molar-refractivity contribution in [1.29, 1.82) is 0 Å². The zero-order valence-corrected chi connectivity index (χ0v) is 10.5. The summed E-state index contributed by atoms with van der Waals surface area (Å²) in [6.45, 7) is 1.37. The predicted molar refractivity (Wildman–Crippen MR) is 68.4 cm³/mol. The van der Waals surface area contributed by atoms with Gasteiger partial charge in [-0.25, -0.2) is 0 Å². The van der Waals surface area contributed by atoms with Gasteiger partial charge in [-0.3, -0.25) is 4.79 Å². The van der Waals surface area contributed by atoms with Crippen molar-refractivity contribution in [2.75, 3.05) is 14.2 Å². The van der Waals surface area contributed by atoms with Crippen molar-refractivity contribution in [1.82, 2.24) is 0 Å². The van der Waals surface area contributed by atoms with Gasteiger partial charge < -0.3 is 14.2 Å². The lowest BCUT2D eigenvalue weighted by molar-refractivity contribution is -0.131. The van der Waals surface area contributed by atoms with Crippen LogP contribution < -0.4 is 14.2 Å². The fourth-order valence-electron chi connectivity index (χ4n) is 1.90. The van der Waals surface area contributed by atoms with E-state index >= 15 is 0 Å². The van der Waals surface area contributed by atoms with Crippen molar-refractivity contribution in [3.8, 4) is 17.2 Å². The first kappa shape index (κ1) is 12.2. The van der Waals surface area contributed by atoms with E-state index < -0.39 is 0 Å². The molecule has 0 N–H and O–H groups in total. The van der Waals surface area contributed by atoms with Gasteiger partial charge in [0.25, 0.3) is 0 Å². The molecular formula is C14H14O4. The molecule has 0 saturated carbocycles. The molecule has 2 aromatic rings. The molecular weight excluding hydrogens is 232 g/mol. The molecule has 0 aromatic heterocycles. The third-order valence-electron chi connectivity index (χ3n) is 2.61. The highest BCUT2D eigenvalue weighted by atomic mass is 16.5. The number of ether oxygens (including phenoxy) is 3. The smallest absolute Gasteiger partial charge is 0.308 e. The maximum Gasteiger partial charge on any atom is 0.308 e. The number of carbonyl (C=O) groups is 1. The minimum atomic E-state index is -0.350. The molecule has 0 atom stereocenters. The molecule has 0 aliphatic rings. The van der Waals surface area contributed by atoms with Gasteiger partial charge in [-0.2, -0.15) is 0 Å². The number of rotatable bonds is 3. The molecule has 94 valence electrons. The number of fused-ring (bicyclic) bond motifs is 1. The first-order valence-corrected chi connectivity index (χ1v) is 5.49. The summed E-state index contributed by atoms with van der Waals surface area (Å²) in [7, 11) is 3.16. The fraction of sp³-hybridized carbons (Fsp3) is 0.214. The van der Waals surface area contributed by atoms with Crippen LogP contribution in [0.4, 0.5) is 0 Å². The Kier molecular flexibility index (Phi) is 3.37. The van der Waals surface area contributed by atoms with Gasteiger partial charge in [-0.15, -0.1) is 0 Å². The van der Waals surface area contributed by atoms with E-state index in [0.717, 1.165) is 10.8 Å². The topological polar surface area (TPSA) is 44.8 Å². The Hall–Kier alpha value is -2.23. The summed E-state index contributed by atoms with van der Waals surface area (Å²) in [5, 5.41) is 1.65. The van der Waals surface area contributed by atoms with Crippen LogP contribution in [0, 0.1) is 0 Å². The molecule has 18 heavy (non-hydrogen) atoms. The summed E-state index contributed by atoms with van der Waals surface area (Å²) >= 11 is 0. The number of benzene rings is 2. The van der Waals surface area contributed by atoms with Gasteiger partial charge >= 0.3 is 5.97 Å². The van der Waals surface area contributed by atoms with Gasteiger partial charge in [0.05, 0.1) is 14.2 Å². The molecule has 0 fully saturated rings. The maximum absolute atomic E-state index is 11.1. The van der Waals surface area contributed by atoms with E-state index in [1.807, 2.05) is 18.2 Å². The molecule has 0 saturated heterocycles. The Morgan fingerprint density at radius 3 is 2.33 bits per heavy atom. The molecule has 0 amide bonds. The van der Waals surface area contributed by atoms with Gasteiger partial charge in [-0.1, -0.05) is 12.1 Å². The Balaban J connectivity index is 2.68. The zero-order valence-electron chi connectivity index (χ0n) is 10.5. The normalized spacial score (nSPS) is 10.2. The van der Waals surface area contributed by atoms with E-state index in [4.69, 9.17) is 14.2 Å². The molecule has 2 rings (SSSR count). The molecule has 0 bridgehead atoms. The Morgan fingerprint density at radius 1 is 0.944 bits per heavy atom. The quantitative estimate of drug-likeness (QED) is 0.617. The van der Waals surface area contributed by atoms with Crippen LogP contribution in [0.5, 0.6) is 17.2 Å². The van der Waals surface area contributed by atoms with Crippen LogP contribution >= 0.6 is 0 Å². The molecule has 2 aromatic carbocycles. The highest BCUT2D eigenvalue weighted by molar-refractivity contribution is 5.96. The number of hydrogen-bond donors (Lipinski definition) is 0. The highest BCUT2D eigenvalue weighted by Gasteiger charge is 2.12. The van der Waals surface area contributed by atoms with Gasteiger partial charge in [0, 0.05) is 17.7 Å². The largest absolute Gasteiger partial charge is 0.493 e. The molecule has 0 aliphatic carbocycles. The number of hydrogen-bond acceptors (Lipinski definition) is 4. The zero-order chi connectivity index (χ0) is 13.1. The molecule has 0 spiro atoms. The van der Waals surface area contributed by atoms with Gasteiger partial charge in [0.15, 0.2) is 11.5 Å². The van der Waals surface area contributed by atoms with Gasteiger partial charge in [0.1, 0.15) is 5.75 Å². The van der Waals surface area contributed by atoms with Crippen LogP contribution in [-0.4, -0.2) is 20.2 Å². The third kappa shape index (κ3) is 2.09. The van der Waals surface area contributed by atoms with E-state index in [2.05, 4.69) is 0 Å². The molecule has 0 heterocycles. The van der Waals surface area contributed by atoms with E-state index in [0.29, 0.717) is 17.2 Å². The Bertz CT molecular complexity index is 590. The lowest BCUT2D eigenvalue weighted by atomic mass is 10.1. The molecule has 0 radical (unpaired) electrons. The van der Waals surface area contributed by atoms with Crippen LogP contribution in [0.3, 0.4) is 0 Å². The van der Waals surface area contributed by atoms with Gasteiger partial charge in [-0.05, 0) is 18.2 Å². The first-order valence-electron chi connectivity index (χ1n) is 5.49. The highest BCUT2D eigenvalue weighted by Crippen LogP contribution is 2.38. The van der Waals surface area contributed by atoms with Crippen molar-refractivity contribution < 1.29 is 19.0 Å². The summed E-state index contributed by atoms with van der Waals surface area (Å²) in [6.07, 6.45) is 0.